The molecule has 2 amide bonds. The second-order valence-corrected chi connectivity index (χ2v) is 7.96. The van der Waals surface area contributed by atoms with E-state index in [9.17, 15) is 4.79 Å². The number of urea groups is 1. The van der Waals surface area contributed by atoms with Crippen LogP contribution in [0.3, 0.4) is 0 Å². The first-order valence-electron chi connectivity index (χ1n) is 11.2. The Morgan fingerprint density at radius 1 is 1.15 bits per heavy atom. The van der Waals surface area contributed by atoms with Gasteiger partial charge in [-0.3, -0.25) is 4.98 Å². The van der Waals surface area contributed by atoms with Crippen LogP contribution in [0.5, 0.6) is 0 Å². The van der Waals surface area contributed by atoms with Gasteiger partial charge in [0.2, 0.25) is 0 Å². The number of ether oxygens (including phenoxy) is 1. The molecule has 1 aliphatic rings. The summed E-state index contributed by atoms with van der Waals surface area (Å²) in [5.74, 6) is 1.33. The van der Waals surface area contributed by atoms with E-state index in [1.165, 1.54) is 0 Å². The van der Waals surface area contributed by atoms with Crippen LogP contribution < -0.4 is 15.5 Å². The zero-order valence-corrected chi connectivity index (χ0v) is 19.0. The second-order valence-electron chi connectivity index (χ2n) is 7.96. The van der Waals surface area contributed by atoms with Gasteiger partial charge in [0.15, 0.2) is 22.8 Å². The summed E-state index contributed by atoms with van der Waals surface area (Å²) in [6.45, 7) is 6.75. The molecule has 1 fully saturated rings. The van der Waals surface area contributed by atoms with E-state index in [1.807, 2.05) is 31.2 Å². The van der Waals surface area contributed by atoms with E-state index in [0.29, 0.717) is 48.1 Å². The zero-order valence-electron chi connectivity index (χ0n) is 19.0. The smallest absolute Gasteiger partial charge is 0.323 e. The van der Waals surface area contributed by atoms with Crippen molar-refractivity contribution < 1.29 is 9.53 Å². The highest BCUT2D eigenvalue weighted by atomic mass is 16.5. The Labute approximate surface area is 196 Å². The van der Waals surface area contributed by atoms with Crippen LogP contribution in [0.15, 0.2) is 48.8 Å². The summed E-state index contributed by atoms with van der Waals surface area (Å²) in [7, 11) is 0. The van der Waals surface area contributed by atoms with Crippen LogP contribution in [0, 0.1) is 0 Å². The van der Waals surface area contributed by atoms with E-state index in [0.717, 1.165) is 17.9 Å². The summed E-state index contributed by atoms with van der Waals surface area (Å²) >= 11 is 0. The molecule has 5 rings (SSSR count). The number of benzene rings is 1. The number of carbonyl (C=O) groups excluding carboxylic acids is 1. The van der Waals surface area contributed by atoms with E-state index in [1.54, 1.807) is 29.2 Å². The Kier molecular flexibility index (Phi) is 6.00. The maximum Gasteiger partial charge on any atom is 0.323 e. The Bertz CT molecular complexity index is 1290. The van der Waals surface area contributed by atoms with Gasteiger partial charge >= 0.3 is 6.03 Å². The van der Waals surface area contributed by atoms with E-state index < -0.39 is 0 Å². The molecular formula is C23H25N9O2. The summed E-state index contributed by atoms with van der Waals surface area (Å²) in [4.78, 5) is 28.1. The fraction of sp³-hybridized carbons (Fsp3) is 0.304. The molecule has 2 N–H and O–H groups in total. The summed E-state index contributed by atoms with van der Waals surface area (Å²) in [5.41, 5.74) is 3.47. The number of aromatic nitrogens is 6. The van der Waals surface area contributed by atoms with Crippen LogP contribution in [-0.2, 0) is 11.3 Å². The van der Waals surface area contributed by atoms with E-state index in [-0.39, 0.29) is 12.1 Å². The number of morpholine rings is 1. The third-order valence-electron chi connectivity index (χ3n) is 5.60. The highest BCUT2D eigenvalue weighted by molar-refractivity contribution is 5.99. The zero-order chi connectivity index (χ0) is 23.5. The van der Waals surface area contributed by atoms with Gasteiger partial charge in [-0.1, -0.05) is 5.21 Å². The van der Waals surface area contributed by atoms with Crippen molar-refractivity contribution in [3.05, 3.63) is 48.8 Å². The predicted molar refractivity (Wildman–Crippen MR) is 129 cm³/mol. The summed E-state index contributed by atoms with van der Waals surface area (Å²) in [6, 6.07) is 10.7. The predicted octanol–water partition coefficient (Wildman–Crippen LogP) is 3.17. The molecule has 11 heteroatoms. The Morgan fingerprint density at radius 2 is 1.97 bits per heavy atom. The number of fused-ring (bicyclic) bond motifs is 1. The number of amides is 2. The van der Waals surface area contributed by atoms with Crippen molar-refractivity contribution >= 4 is 34.4 Å². The Balaban J connectivity index is 1.42. The van der Waals surface area contributed by atoms with Crippen molar-refractivity contribution in [2.75, 3.05) is 35.3 Å². The summed E-state index contributed by atoms with van der Waals surface area (Å²) in [6.07, 6.45) is 3.23. The van der Waals surface area contributed by atoms with Gasteiger partial charge in [-0.25, -0.2) is 19.4 Å². The third kappa shape index (κ3) is 4.37. The average molecular weight is 460 g/mol. The molecule has 0 aliphatic carbocycles. The normalized spacial score (nSPS) is 15.9. The fourth-order valence-corrected chi connectivity index (χ4v) is 3.86. The number of pyridine rings is 1. The molecule has 1 atom stereocenters. The quantitative estimate of drug-likeness (QED) is 0.467. The molecule has 1 aromatic carbocycles. The SMILES string of the molecule is CCn1nnc2c(N3CCOCC3C)nc(-c3ccc(NC(=O)Nc4cccnc4)cc3)nc21. The van der Waals surface area contributed by atoms with E-state index in [2.05, 4.69) is 37.8 Å². The summed E-state index contributed by atoms with van der Waals surface area (Å²) in [5, 5.41) is 14.2. The molecule has 34 heavy (non-hydrogen) atoms. The van der Waals surface area contributed by atoms with Crippen LogP contribution in [0.2, 0.25) is 0 Å². The highest BCUT2D eigenvalue weighted by Gasteiger charge is 2.26. The van der Waals surface area contributed by atoms with Crippen molar-refractivity contribution in [1.29, 1.82) is 0 Å². The van der Waals surface area contributed by atoms with Crippen LogP contribution >= 0.6 is 0 Å². The van der Waals surface area contributed by atoms with Crippen molar-refractivity contribution in [2.24, 2.45) is 0 Å². The number of anilines is 3. The lowest BCUT2D eigenvalue weighted by atomic mass is 10.2. The Hall–Kier alpha value is -4.12. The molecule has 0 saturated carbocycles. The lowest BCUT2D eigenvalue weighted by Gasteiger charge is -2.34. The van der Waals surface area contributed by atoms with Gasteiger partial charge in [-0.05, 0) is 50.2 Å². The van der Waals surface area contributed by atoms with Crippen LogP contribution in [0.1, 0.15) is 13.8 Å². The van der Waals surface area contributed by atoms with Gasteiger partial charge in [0.05, 0.1) is 31.1 Å². The minimum Gasteiger partial charge on any atom is -0.377 e. The topological polar surface area (TPSA) is 123 Å². The molecule has 3 aromatic heterocycles. The number of hydrogen-bond donors (Lipinski definition) is 2. The van der Waals surface area contributed by atoms with Crippen LogP contribution in [-0.4, -0.2) is 61.8 Å². The van der Waals surface area contributed by atoms with E-state index >= 15 is 0 Å². The van der Waals surface area contributed by atoms with Crippen LogP contribution in [0.25, 0.3) is 22.6 Å². The molecule has 0 bridgehead atoms. The minimum atomic E-state index is -0.347. The van der Waals surface area contributed by atoms with Gasteiger partial charge in [0, 0.05) is 30.5 Å². The average Bonchev–Trinajstić information content (AvgIpc) is 3.28. The molecule has 174 valence electrons. The third-order valence-corrected chi connectivity index (χ3v) is 5.60. The molecule has 1 unspecified atom stereocenters. The van der Waals surface area contributed by atoms with Gasteiger partial charge in [0.25, 0.3) is 0 Å². The van der Waals surface area contributed by atoms with Crippen molar-refractivity contribution in [1.82, 2.24) is 29.9 Å². The Morgan fingerprint density at radius 3 is 2.71 bits per heavy atom. The fourth-order valence-electron chi connectivity index (χ4n) is 3.86. The van der Waals surface area contributed by atoms with Gasteiger partial charge < -0.3 is 20.3 Å². The molecule has 0 radical (unpaired) electrons. The first-order valence-corrected chi connectivity index (χ1v) is 11.2. The van der Waals surface area contributed by atoms with Crippen molar-refractivity contribution in [3.8, 4) is 11.4 Å². The maximum atomic E-state index is 12.3. The minimum absolute atomic E-state index is 0.163. The molecule has 1 aliphatic heterocycles. The lowest BCUT2D eigenvalue weighted by Crippen LogP contribution is -2.44. The second kappa shape index (κ2) is 9.40. The molecule has 4 heterocycles. The van der Waals surface area contributed by atoms with Crippen molar-refractivity contribution in [3.63, 3.8) is 0 Å². The molecule has 0 spiro atoms. The number of rotatable bonds is 5. The number of hydrogen-bond acceptors (Lipinski definition) is 8. The largest absolute Gasteiger partial charge is 0.377 e. The molecule has 1 saturated heterocycles. The van der Waals surface area contributed by atoms with Gasteiger partial charge in [-0.15, -0.1) is 5.10 Å². The van der Waals surface area contributed by atoms with Crippen LogP contribution in [0.4, 0.5) is 22.0 Å². The lowest BCUT2D eigenvalue weighted by molar-refractivity contribution is 0.0987. The monoisotopic (exact) mass is 459 g/mol. The number of nitrogens with zero attached hydrogens (tertiary/aromatic N) is 7. The van der Waals surface area contributed by atoms with Crippen molar-refractivity contribution in [2.45, 2.75) is 26.4 Å². The number of nitrogens with one attached hydrogen (secondary N) is 2. The summed E-state index contributed by atoms with van der Waals surface area (Å²) < 4.78 is 7.37. The van der Waals surface area contributed by atoms with Gasteiger partial charge in [0.1, 0.15) is 0 Å². The van der Waals surface area contributed by atoms with E-state index in [4.69, 9.17) is 14.7 Å². The first kappa shape index (κ1) is 21.7. The molecule has 11 nitrogen and oxygen atoms in total. The molecule has 4 aromatic rings. The maximum absolute atomic E-state index is 12.3. The standard InChI is InChI=1S/C23H25N9O2/c1-3-32-22-19(29-30-32)21(31-11-12-34-14-15(31)2)27-20(28-22)16-6-8-17(9-7-16)25-23(33)26-18-5-4-10-24-13-18/h4-10,13,15H,3,11-12,14H2,1-2H3,(H2,25,26,33). The number of carbonyl (C=O) groups is 1. The molecular weight excluding hydrogens is 434 g/mol. The highest BCUT2D eigenvalue weighted by Crippen LogP contribution is 2.29. The van der Waals surface area contributed by atoms with Gasteiger partial charge in [-0.2, -0.15) is 0 Å². The number of aryl methyl sites for hydroxylation is 1. The first-order chi connectivity index (χ1) is 16.6.